The Hall–Kier alpha value is -3.64. The maximum Gasteiger partial charge on any atom is 0.266 e. The van der Waals surface area contributed by atoms with E-state index in [-0.39, 0.29) is 11.8 Å². The molecule has 0 N–H and O–H groups in total. The maximum atomic E-state index is 13.8. The molecule has 3 atom stereocenters. The van der Waals surface area contributed by atoms with Gasteiger partial charge in [-0.25, -0.2) is 9.96 Å². The first-order valence-corrected chi connectivity index (χ1v) is 11.7. The van der Waals surface area contributed by atoms with Gasteiger partial charge in [-0.1, -0.05) is 48.9 Å². The first kappa shape index (κ1) is 22.2. The van der Waals surface area contributed by atoms with Crippen LogP contribution in [0.3, 0.4) is 0 Å². The van der Waals surface area contributed by atoms with E-state index in [1.807, 2.05) is 63.2 Å². The summed E-state index contributed by atoms with van der Waals surface area (Å²) in [5.74, 6) is -0.527. The van der Waals surface area contributed by atoms with Gasteiger partial charge in [0.05, 0.1) is 24.0 Å². The van der Waals surface area contributed by atoms with E-state index in [9.17, 15) is 9.59 Å². The number of carbonyl (C=O) groups is 2. The number of para-hydroxylation sites is 1. The van der Waals surface area contributed by atoms with Gasteiger partial charge in [0, 0.05) is 0 Å². The molecular formula is C28H28N2O4. The maximum absolute atomic E-state index is 13.8. The highest BCUT2D eigenvalue weighted by Gasteiger charge is 2.60. The molecule has 0 aromatic heterocycles. The molecule has 2 amide bonds. The molecule has 6 heteroatoms. The van der Waals surface area contributed by atoms with Crippen molar-refractivity contribution in [3.8, 4) is 5.75 Å². The highest BCUT2D eigenvalue weighted by molar-refractivity contribution is 6.24. The molecule has 0 bridgehead atoms. The summed E-state index contributed by atoms with van der Waals surface area (Å²) in [6, 6.07) is 22.5. The number of hydroxylamine groups is 1. The molecule has 3 aromatic carbocycles. The Kier molecular flexibility index (Phi) is 5.84. The van der Waals surface area contributed by atoms with E-state index in [0.29, 0.717) is 18.0 Å². The third kappa shape index (κ3) is 3.74. The van der Waals surface area contributed by atoms with E-state index in [1.54, 1.807) is 29.3 Å². The number of nitrogens with zero attached hydrogens (tertiary/aromatic N) is 2. The lowest BCUT2D eigenvalue weighted by atomic mass is 9.87. The van der Waals surface area contributed by atoms with Gasteiger partial charge in [-0.05, 0) is 67.8 Å². The van der Waals surface area contributed by atoms with E-state index in [4.69, 9.17) is 9.57 Å². The topological polar surface area (TPSA) is 59.1 Å². The van der Waals surface area contributed by atoms with Crippen LogP contribution in [-0.4, -0.2) is 24.5 Å². The minimum atomic E-state index is -0.880. The van der Waals surface area contributed by atoms with Crippen LogP contribution in [0.15, 0.2) is 72.8 Å². The fourth-order valence-electron chi connectivity index (χ4n) is 4.85. The first-order valence-electron chi connectivity index (χ1n) is 11.7. The Bertz CT molecular complexity index is 1210. The second-order valence-corrected chi connectivity index (χ2v) is 8.87. The van der Waals surface area contributed by atoms with Crippen LogP contribution in [0.5, 0.6) is 5.75 Å². The van der Waals surface area contributed by atoms with Crippen molar-refractivity contribution in [1.29, 1.82) is 0 Å². The van der Waals surface area contributed by atoms with Crippen LogP contribution >= 0.6 is 0 Å². The molecule has 5 rings (SSSR count). The number of hydrogen-bond acceptors (Lipinski definition) is 5. The number of fused-ring (bicyclic) bond motifs is 1. The quantitative estimate of drug-likeness (QED) is 0.481. The standard InChI is InChI=1S/C28H28N2O4/c1-4-16-33-22-13-11-20(12-14-22)29-27(31)24-25(23-15-10-18(2)17-19(23)3)30(34-26(24)28(29)32)21-8-6-5-7-9-21/h5-15,17,24-26H,4,16H2,1-3H3/t24-,25+,26+/m1/s1. The van der Waals surface area contributed by atoms with Crippen LogP contribution in [0.4, 0.5) is 11.4 Å². The number of imide groups is 1. The number of benzene rings is 3. The fraction of sp³-hybridized carbons (Fsp3) is 0.286. The Morgan fingerprint density at radius 3 is 2.29 bits per heavy atom. The van der Waals surface area contributed by atoms with Crippen LogP contribution < -0.4 is 14.7 Å². The van der Waals surface area contributed by atoms with Gasteiger partial charge >= 0.3 is 0 Å². The van der Waals surface area contributed by atoms with Gasteiger partial charge in [0.2, 0.25) is 5.91 Å². The lowest BCUT2D eigenvalue weighted by molar-refractivity contribution is -0.126. The van der Waals surface area contributed by atoms with E-state index in [2.05, 4.69) is 6.07 Å². The van der Waals surface area contributed by atoms with Crippen molar-refractivity contribution >= 4 is 23.2 Å². The number of rotatable bonds is 6. The van der Waals surface area contributed by atoms with Crippen LogP contribution in [0.1, 0.15) is 36.1 Å². The molecule has 6 nitrogen and oxygen atoms in total. The molecule has 34 heavy (non-hydrogen) atoms. The highest BCUT2D eigenvalue weighted by Crippen LogP contribution is 2.48. The van der Waals surface area contributed by atoms with Gasteiger partial charge in [0.25, 0.3) is 5.91 Å². The van der Waals surface area contributed by atoms with Crippen LogP contribution in [0.2, 0.25) is 0 Å². The van der Waals surface area contributed by atoms with E-state index < -0.39 is 18.1 Å². The second kappa shape index (κ2) is 8.95. The summed E-state index contributed by atoms with van der Waals surface area (Å²) in [5.41, 5.74) is 4.53. The first-order chi connectivity index (χ1) is 16.5. The monoisotopic (exact) mass is 456 g/mol. The van der Waals surface area contributed by atoms with Gasteiger partial charge in [0.15, 0.2) is 6.10 Å². The molecule has 3 aromatic rings. The molecule has 2 heterocycles. The van der Waals surface area contributed by atoms with Crippen molar-refractivity contribution in [2.45, 2.75) is 39.3 Å². The molecule has 2 aliphatic rings. The highest BCUT2D eigenvalue weighted by atomic mass is 16.7. The number of ether oxygens (including phenoxy) is 1. The summed E-state index contributed by atoms with van der Waals surface area (Å²) in [6.45, 7) is 6.73. The van der Waals surface area contributed by atoms with Crippen LogP contribution in [0.25, 0.3) is 0 Å². The van der Waals surface area contributed by atoms with Crippen molar-refractivity contribution in [2.24, 2.45) is 5.92 Å². The summed E-state index contributed by atoms with van der Waals surface area (Å²) < 4.78 is 5.64. The van der Waals surface area contributed by atoms with Gasteiger partial charge in [-0.3, -0.25) is 14.4 Å². The molecule has 2 saturated heterocycles. The Labute approximate surface area is 199 Å². The lowest BCUT2D eigenvalue weighted by Gasteiger charge is -2.29. The normalized spacial score (nSPS) is 21.8. The number of aryl methyl sites for hydroxylation is 2. The molecule has 2 aliphatic heterocycles. The van der Waals surface area contributed by atoms with Crippen molar-refractivity contribution in [2.75, 3.05) is 16.6 Å². The summed E-state index contributed by atoms with van der Waals surface area (Å²) >= 11 is 0. The number of carbonyl (C=O) groups excluding carboxylic acids is 2. The Morgan fingerprint density at radius 2 is 1.62 bits per heavy atom. The minimum Gasteiger partial charge on any atom is -0.494 e. The average molecular weight is 457 g/mol. The molecule has 0 saturated carbocycles. The summed E-state index contributed by atoms with van der Waals surface area (Å²) in [6.07, 6.45) is 0.0259. The zero-order valence-electron chi connectivity index (χ0n) is 19.6. The van der Waals surface area contributed by atoms with Crippen LogP contribution in [0, 0.1) is 19.8 Å². The average Bonchev–Trinajstić information content (AvgIpc) is 3.35. The molecule has 0 unspecified atom stereocenters. The molecule has 174 valence electrons. The molecule has 2 fully saturated rings. The third-order valence-electron chi connectivity index (χ3n) is 6.44. The lowest BCUT2D eigenvalue weighted by Crippen LogP contribution is -2.37. The van der Waals surface area contributed by atoms with Crippen molar-refractivity contribution < 1.29 is 19.2 Å². The van der Waals surface area contributed by atoms with E-state index >= 15 is 0 Å². The van der Waals surface area contributed by atoms with Gasteiger partial charge < -0.3 is 4.74 Å². The van der Waals surface area contributed by atoms with Gasteiger partial charge in [-0.2, -0.15) is 0 Å². The second-order valence-electron chi connectivity index (χ2n) is 8.87. The predicted molar refractivity (Wildman–Crippen MR) is 131 cm³/mol. The third-order valence-corrected chi connectivity index (χ3v) is 6.44. The fourth-order valence-corrected chi connectivity index (χ4v) is 4.85. The summed E-state index contributed by atoms with van der Waals surface area (Å²) in [4.78, 5) is 34.7. The minimum absolute atomic E-state index is 0.249. The number of anilines is 2. The molecule has 0 radical (unpaired) electrons. The zero-order valence-corrected chi connectivity index (χ0v) is 19.6. The van der Waals surface area contributed by atoms with Crippen LogP contribution in [-0.2, 0) is 14.4 Å². The summed E-state index contributed by atoms with van der Waals surface area (Å²) in [5, 5.41) is 1.74. The molecule has 0 aliphatic carbocycles. The number of hydrogen-bond donors (Lipinski definition) is 0. The SMILES string of the molecule is CCCOc1ccc(N2C(=O)[C@H]3[C@H](ON(c4ccccc4)[C@H]3c3ccc(C)cc3C)C2=O)cc1. The predicted octanol–water partition coefficient (Wildman–Crippen LogP) is 5.14. The van der Waals surface area contributed by atoms with E-state index in [0.717, 1.165) is 28.8 Å². The van der Waals surface area contributed by atoms with Crippen molar-refractivity contribution in [3.05, 3.63) is 89.5 Å². The molecule has 0 spiro atoms. The van der Waals surface area contributed by atoms with Gasteiger partial charge in [0.1, 0.15) is 11.7 Å². The number of amides is 2. The van der Waals surface area contributed by atoms with Crippen molar-refractivity contribution in [1.82, 2.24) is 0 Å². The van der Waals surface area contributed by atoms with E-state index in [1.165, 1.54) is 4.90 Å². The largest absolute Gasteiger partial charge is 0.494 e. The Balaban J connectivity index is 1.52. The van der Waals surface area contributed by atoms with Gasteiger partial charge in [-0.15, -0.1) is 0 Å². The Morgan fingerprint density at radius 1 is 0.882 bits per heavy atom. The smallest absolute Gasteiger partial charge is 0.266 e. The van der Waals surface area contributed by atoms with Crippen molar-refractivity contribution in [3.63, 3.8) is 0 Å². The zero-order chi connectivity index (χ0) is 23.8. The summed E-state index contributed by atoms with van der Waals surface area (Å²) in [7, 11) is 0. The molecular weight excluding hydrogens is 428 g/mol.